The Morgan fingerprint density at radius 3 is 1.82 bits per heavy atom. The maximum absolute atomic E-state index is 5.43. The van der Waals surface area contributed by atoms with Gasteiger partial charge in [0.2, 0.25) is 0 Å². The second-order valence-electron chi connectivity index (χ2n) is 3.71. The molecule has 0 spiro atoms. The van der Waals surface area contributed by atoms with Crippen LogP contribution in [0.2, 0.25) is 0 Å². The topological polar surface area (TPSA) is 18.4 Å². The molecule has 0 aliphatic heterocycles. The highest BCUT2D eigenvalue weighted by molar-refractivity contribution is 4.67. The lowest BCUT2D eigenvalue weighted by Gasteiger charge is -2.29. The summed E-state index contributed by atoms with van der Waals surface area (Å²) in [5.41, 5.74) is 0.0273. The van der Waals surface area contributed by atoms with E-state index in [1.807, 2.05) is 31.2 Å². The molecule has 11 heavy (non-hydrogen) atoms. The molecule has 0 amide bonds. The molecule has 3 nitrogen and oxygen atoms in total. The largest absolute Gasteiger partial charge is 0.250 e. The lowest BCUT2D eigenvalue weighted by Crippen LogP contribution is -2.52. The summed E-state index contributed by atoms with van der Waals surface area (Å²) < 4.78 is 0. The smallest absolute Gasteiger partial charge is 0.137 e. The van der Waals surface area contributed by atoms with E-state index >= 15 is 0 Å². The van der Waals surface area contributed by atoms with Crippen molar-refractivity contribution in [1.82, 2.24) is 10.2 Å². The van der Waals surface area contributed by atoms with Gasteiger partial charge in [0.1, 0.15) is 14.1 Å². The zero-order chi connectivity index (χ0) is 9.07. The molecule has 0 N–H and O–H groups in total. The molecule has 0 aliphatic carbocycles. The highest BCUT2D eigenvalue weighted by atomic mass is 16.7. The quantitative estimate of drug-likeness (QED) is 0.458. The first-order valence-corrected chi connectivity index (χ1v) is 4.00. The van der Waals surface area contributed by atoms with E-state index < -0.39 is 0 Å². The predicted octanol–water partition coefficient (Wildman–Crippen LogP) is 1.35. The van der Waals surface area contributed by atoms with Crippen LogP contribution in [0.3, 0.4) is 0 Å². The number of hydrogen-bond donors (Lipinski definition) is 0. The van der Waals surface area contributed by atoms with E-state index in [1.165, 1.54) is 0 Å². The Balaban J connectivity index is 4.10. The molecule has 0 atom stereocenters. The second-order valence-corrected chi connectivity index (χ2v) is 3.71. The van der Waals surface area contributed by atoms with Crippen LogP contribution >= 0.6 is 0 Å². The second kappa shape index (κ2) is 4.04. The minimum Gasteiger partial charge on any atom is -0.250 e. The summed E-state index contributed by atoms with van der Waals surface area (Å²) in [6, 6.07) is 0. The van der Waals surface area contributed by atoms with Crippen LogP contribution in [0.4, 0.5) is 0 Å². The van der Waals surface area contributed by atoms with Crippen LogP contribution in [0.15, 0.2) is 0 Å². The normalized spacial score (nSPS) is 13.1. The van der Waals surface area contributed by atoms with E-state index in [4.69, 9.17) is 4.84 Å². The Hall–Kier alpha value is -0.120. The van der Waals surface area contributed by atoms with Gasteiger partial charge in [-0.3, -0.25) is 0 Å². The molecule has 0 aromatic carbocycles. The lowest BCUT2D eigenvalue weighted by atomic mass is 10.1. The monoisotopic (exact) mass is 160 g/mol. The van der Waals surface area contributed by atoms with E-state index in [2.05, 4.69) is 20.8 Å². The van der Waals surface area contributed by atoms with Crippen LogP contribution in [0.1, 0.15) is 27.7 Å². The van der Waals surface area contributed by atoms with Gasteiger partial charge in [-0.15, -0.1) is 0 Å². The molecule has 0 bridgehead atoms. The Kier molecular flexibility index (Phi) is 4.00. The fraction of sp³-hybridized carbons (Fsp3) is 1.00. The molecular weight excluding hydrogens is 140 g/mol. The minimum absolute atomic E-state index is 0.0273. The Labute approximate surface area is 69.9 Å². The summed E-state index contributed by atoms with van der Waals surface area (Å²) in [6.45, 7) is 9.03. The molecule has 0 rings (SSSR count). The zero-order valence-electron chi connectivity index (χ0n) is 8.51. The van der Waals surface area contributed by atoms with Crippen molar-refractivity contribution in [2.24, 2.45) is 0 Å². The molecule has 0 aromatic rings. The molecule has 0 saturated carbocycles. The van der Waals surface area contributed by atoms with E-state index in [-0.39, 0.29) is 5.54 Å². The van der Waals surface area contributed by atoms with Gasteiger partial charge in [0.15, 0.2) is 0 Å². The van der Waals surface area contributed by atoms with Gasteiger partial charge in [0.25, 0.3) is 0 Å². The van der Waals surface area contributed by atoms with Gasteiger partial charge in [-0.25, -0.2) is 4.84 Å². The molecule has 1 radical (unpaired) electrons. The van der Waals surface area contributed by atoms with E-state index in [0.717, 1.165) is 0 Å². The van der Waals surface area contributed by atoms with Crippen molar-refractivity contribution in [3.63, 3.8) is 0 Å². The van der Waals surface area contributed by atoms with Crippen molar-refractivity contribution in [1.29, 1.82) is 0 Å². The van der Waals surface area contributed by atoms with Crippen LogP contribution in [-0.2, 0) is 4.84 Å². The van der Waals surface area contributed by atoms with Crippen LogP contribution in [-0.4, -0.2) is 31.4 Å². The molecule has 0 saturated heterocycles. The lowest BCUT2D eigenvalue weighted by molar-refractivity contribution is -0.271. The fourth-order valence-corrected chi connectivity index (χ4v) is 1.03. The van der Waals surface area contributed by atoms with Crippen LogP contribution in [0.25, 0.3) is 0 Å². The first-order valence-electron chi connectivity index (χ1n) is 4.00. The maximum atomic E-state index is 5.43. The number of nitrogens with zero attached hydrogens (tertiary/aromatic N) is 2. The maximum Gasteiger partial charge on any atom is 0.137 e. The third kappa shape index (κ3) is 3.70. The summed E-state index contributed by atoms with van der Waals surface area (Å²) in [6.07, 6.45) is 0. The third-order valence-corrected chi connectivity index (χ3v) is 1.19. The molecule has 0 aromatic heterocycles. The van der Waals surface area contributed by atoms with Crippen molar-refractivity contribution < 1.29 is 4.84 Å². The first-order chi connectivity index (χ1) is 4.89. The van der Waals surface area contributed by atoms with Crippen molar-refractivity contribution in [3.8, 4) is 0 Å². The molecule has 0 heterocycles. The summed E-state index contributed by atoms with van der Waals surface area (Å²) in [5, 5.41) is 3.82. The van der Waals surface area contributed by atoms with E-state index in [9.17, 15) is 0 Å². The Morgan fingerprint density at radius 2 is 1.73 bits per heavy atom. The van der Waals surface area contributed by atoms with Crippen LogP contribution in [0, 0.1) is 0 Å². The van der Waals surface area contributed by atoms with E-state index in [1.54, 1.807) is 0 Å². The van der Waals surface area contributed by atoms with Gasteiger partial charge in [-0.05, 0) is 27.7 Å². The van der Waals surface area contributed by atoms with Crippen LogP contribution in [0.5, 0.6) is 0 Å². The van der Waals surface area contributed by atoms with Crippen molar-refractivity contribution in [2.45, 2.75) is 33.2 Å². The Bertz CT molecular complexity index is 107. The van der Waals surface area contributed by atoms with E-state index in [0.29, 0.717) is 6.61 Å². The number of rotatable bonds is 3. The number of hydrogen-bond acceptors (Lipinski definition) is 3. The van der Waals surface area contributed by atoms with Gasteiger partial charge < -0.3 is 0 Å². The highest BCUT2D eigenvalue weighted by Gasteiger charge is 2.31. The zero-order valence-corrected chi connectivity index (χ0v) is 8.51. The van der Waals surface area contributed by atoms with Crippen molar-refractivity contribution in [2.75, 3.05) is 20.7 Å². The van der Waals surface area contributed by atoms with Gasteiger partial charge in [0.05, 0.1) is 12.1 Å². The molecule has 0 unspecified atom stereocenters. The molecule has 0 aliphatic rings. The minimum atomic E-state index is 0.0273. The van der Waals surface area contributed by atoms with Crippen LogP contribution < -0.4 is 5.01 Å². The predicted molar refractivity (Wildman–Crippen MR) is 47.2 cm³/mol. The first kappa shape index (κ1) is 10.9. The summed E-state index contributed by atoms with van der Waals surface area (Å²) >= 11 is 0. The molecule has 0 fully saturated rings. The Morgan fingerprint density at radius 1 is 1.27 bits per heavy atom. The summed E-state index contributed by atoms with van der Waals surface area (Å²) in [7, 11) is 3.95. The number of hydrazine groups is 1. The average Bonchev–Trinajstić information content (AvgIpc) is 1.79. The molecular formula is C8H20N2O+. The summed E-state index contributed by atoms with van der Waals surface area (Å²) in [5.74, 6) is 0. The fourth-order valence-electron chi connectivity index (χ4n) is 1.03. The third-order valence-electron chi connectivity index (χ3n) is 1.19. The van der Waals surface area contributed by atoms with Crippen molar-refractivity contribution >= 4 is 0 Å². The molecule has 3 heteroatoms. The molecule has 67 valence electrons. The van der Waals surface area contributed by atoms with Gasteiger partial charge in [-0.1, -0.05) is 5.01 Å². The average molecular weight is 160 g/mol. The van der Waals surface area contributed by atoms with Crippen molar-refractivity contribution in [3.05, 3.63) is 0 Å². The standard InChI is InChI=1S/C8H20N2O/c1-7-11-10(9(5)6)8(2,3)4/h7H2,1-6H3/q+1. The van der Waals surface area contributed by atoms with Gasteiger partial charge >= 0.3 is 0 Å². The number of hydroxylamine groups is 1. The van der Waals surface area contributed by atoms with Gasteiger partial charge in [-0.2, -0.15) is 0 Å². The summed E-state index contributed by atoms with van der Waals surface area (Å²) in [4.78, 5) is 5.43. The van der Waals surface area contributed by atoms with Gasteiger partial charge in [0, 0.05) is 5.17 Å². The highest BCUT2D eigenvalue weighted by Crippen LogP contribution is 2.12. The SMILES string of the molecule is CCON([N+](C)C)C(C)(C)C.